The van der Waals surface area contributed by atoms with Gasteiger partial charge in [0.1, 0.15) is 0 Å². The van der Waals surface area contributed by atoms with Crippen LogP contribution < -0.4 is 0 Å². The molecule has 5 rings (SSSR count). The molecule has 0 saturated carbocycles. The highest BCUT2D eigenvalue weighted by Gasteiger charge is 2.35. The summed E-state index contributed by atoms with van der Waals surface area (Å²) in [6.45, 7) is 4.57. The summed E-state index contributed by atoms with van der Waals surface area (Å²) in [7, 11) is 0. The van der Waals surface area contributed by atoms with Gasteiger partial charge in [0.05, 0.1) is 11.2 Å². The quantitative estimate of drug-likeness (QED) is 0.376. The van der Waals surface area contributed by atoms with Crippen LogP contribution in [0.15, 0.2) is 66.7 Å². The van der Waals surface area contributed by atoms with Crippen LogP contribution in [-0.4, -0.2) is 9.97 Å². The van der Waals surface area contributed by atoms with Crippen molar-refractivity contribution >= 4 is 22.5 Å². The van der Waals surface area contributed by atoms with Crippen LogP contribution in [-0.2, 0) is 5.41 Å². The number of para-hydroxylation sites is 1. The Labute approximate surface area is 157 Å². The van der Waals surface area contributed by atoms with Gasteiger partial charge in [-0.2, -0.15) is 0 Å². The first-order chi connectivity index (χ1) is 12.6. The first-order valence-electron chi connectivity index (χ1n) is 8.73. The maximum absolute atomic E-state index is 6.20. The number of hydrogen-bond donors (Lipinski definition) is 0. The van der Waals surface area contributed by atoms with E-state index >= 15 is 0 Å². The Kier molecular flexibility index (Phi) is 3.22. The largest absolute Gasteiger partial charge is 0.223 e. The van der Waals surface area contributed by atoms with Gasteiger partial charge in [0.2, 0.25) is 5.28 Å². The Morgan fingerprint density at radius 1 is 0.769 bits per heavy atom. The molecule has 0 unspecified atom stereocenters. The minimum absolute atomic E-state index is 0.0332. The average Bonchev–Trinajstić information content (AvgIpc) is 2.89. The number of nitrogens with zero attached hydrogens (tertiary/aromatic N) is 2. The van der Waals surface area contributed by atoms with Crippen LogP contribution in [0.2, 0.25) is 5.28 Å². The number of hydrogen-bond acceptors (Lipinski definition) is 2. The molecule has 1 heterocycles. The third-order valence-electron chi connectivity index (χ3n) is 5.43. The van der Waals surface area contributed by atoms with Crippen molar-refractivity contribution in [1.82, 2.24) is 9.97 Å². The topological polar surface area (TPSA) is 25.8 Å². The molecule has 1 aliphatic rings. The summed E-state index contributed by atoms with van der Waals surface area (Å²) in [5.41, 5.74) is 8.12. The molecule has 0 N–H and O–H groups in total. The smallest absolute Gasteiger partial charge is 0.218 e. The van der Waals surface area contributed by atoms with E-state index in [4.69, 9.17) is 11.6 Å². The van der Waals surface area contributed by atoms with Crippen molar-refractivity contribution in [2.24, 2.45) is 0 Å². The van der Waals surface area contributed by atoms with Crippen molar-refractivity contribution in [2.45, 2.75) is 19.3 Å². The van der Waals surface area contributed by atoms with Crippen LogP contribution in [0.5, 0.6) is 0 Å². The van der Waals surface area contributed by atoms with Gasteiger partial charge in [-0.15, -0.1) is 0 Å². The molecule has 0 atom stereocenters. The Balaban J connectivity index is 1.77. The lowest BCUT2D eigenvalue weighted by atomic mass is 9.82. The van der Waals surface area contributed by atoms with E-state index in [0.29, 0.717) is 0 Å². The molecule has 0 radical (unpaired) electrons. The lowest BCUT2D eigenvalue weighted by molar-refractivity contribution is 0.660. The van der Waals surface area contributed by atoms with Crippen molar-refractivity contribution < 1.29 is 0 Å². The van der Waals surface area contributed by atoms with Crippen LogP contribution in [0, 0.1) is 0 Å². The van der Waals surface area contributed by atoms with Gasteiger partial charge >= 0.3 is 0 Å². The Bertz CT molecular complexity index is 1180. The molecule has 0 aliphatic heterocycles. The summed E-state index contributed by atoms with van der Waals surface area (Å²) in [4.78, 5) is 8.90. The number of rotatable bonds is 1. The number of aromatic nitrogens is 2. The molecule has 4 aromatic rings. The lowest BCUT2D eigenvalue weighted by Gasteiger charge is -2.22. The molecule has 0 saturated heterocycles. The second kappa shape index (κ2) is 5.39. The average molecular weight is 357 g/mol. The molecule has 1 aliphatic carbocycles. The number of halogens is 1. The van der Waals surface area contributed by atoms with Gasteiger partial charge in [-0.1, -0.05) is 68.4 Å². The molecule has 1 aromatic heterocycles. The predicted octanol–water partition coefficient (Wildman–Crippen LogP) is 6.26. The molecule has 126 valence electrons. The van der Waals surface area contributed by atoms with Crippen LogP contribution in [0.4, 0.5) is 0 Å². The number of benzene rings is 3. The second-order valence-electron chi connectivity index (χ2n) is 7.29. The fourth-order valence-electron chi connectivity index (χ4n) is 4.12. The zero-order chi connectivity index (χ0) is 17.9. The van der Waals surface area contributed by atoms with Crippen LogP contribution in [0.25, 0.3) is 33.3 Å². The van der Waals surface area contributed by atoms with Gasteiger partial charge in [0.15, 0.2) is 0 Å². The van der Waals surface area contributed by atoms with E-state index in [1.165, 1.54) is 22.3 Å². The zero-order valence-corrected chi connectivity index (χ0v) is 15.4. The molecule has 0 amide bonds. The Morgan fingerprint density at radius 3 is 2.38 bits per heavy atom. The molecular weight excluding hydrogens is 340 g/mol. The van der Waals surface area contributed by atoms with Crippen molar-refractivity contribution in [3.8, 4) is 22.4 Å². The Hall–Kier alpha value is -2.71. The first kappa shape index (κ1) is 15.5. The van der Waals surface area contributed by atoms with E-state index < -0.39 is 0 Å². The molecule has 0 bridgehead atoms. The highest BCUT2D eigenvalue weighted by molar-refractivity contribution is 6.28. The van der Waals surface area contributed by atoms with E-state index in [2.05, 4.69) is 66.3 Å². The monoisotopic (exact) mass is 356 g/mol. The highest BCUT2D eigenvalue weighted by Crippen LogP contribution is 2.49. The van der Waals surface area contributed by atoms with Gasteiger partial charge in [0.25, 0.3) is 0 Å². The lowest BCUT2D eigenvalue weighted by Crippen LogP contribution is -2.14. The minimum atomic E-state index is -0.0332. The van der Waals surface area contributed by atoms with E-state index in [-0.39, 0.29) is 10.7 Å². The summed E-state index contributed by atoms with van der Waals surface area (Å²) in [5.74, 6) is 0. The molecular formula is C23H17ClN2. The zero-order valence-electron chi connectivity index (χ0n) is 14.6. The molecule has 0 fully saturated rings. The van der Waals surface area contributed by atoms with Crippen molar-refractivity contribution in [3.63, 3.8) is 0 Å². The Morgan fingerprint density at radius 2 is 1.50 bits per heavy atom. The fraction of sp³-hybridized carbons (Fsp3) is 0.130. The summed E-state index contributed by atoms with van der Waals surface area (Å²) in [6, 6.07) is 23.3. The van der Waals surface area contributed by atoms with Crippen molar-refractivity contribution in [3.05, 3.63) is 83.1 Å². The molecule has 0 spiro atoms. The summed E-state index contributed by atoms with van der Waals surface area (Å²) >= 11 is 6.20. The van der Waals surface area contributed by atoms with Gasteiger partial charge in [-0.05, 0) is 46.0 Å². The molecule has 2 nitrogen and oxygen atoms in total. The van der Waals surface area contributed by atoms with Gasteiger partial charge in [-0.25, -0.2) is 9.97 Å². The van der Waals surface area contributed by atoms with Gasteiger partial charge in [-0.3, -0.25) is 0 Å². The summed E-state index contributed by atoms with van der Waals surface area (Å²) < 4.78 is 0. The van der Waals surface area contributed by atoms with Crippen LogP contribution in [0.3, 0.4) is 0 Å². The van der Waals surface area contributed by atoms with E-state index in [9.17, 15) is 0 Å². The highest BCUT2D eigenvalue weighted by atomic mass is 35.5. The van der Waals surface area contributed by atoms with E-state index in [1.54, 1.807) is 0 Å². The molecule has 3 aromatic carbocycles. The van der Waals surface area contributed by atoms with Crippen LogP contribution in [0.1, 0.15) is 25.0 Å². The first-order valence-corrected chi connectivity index (χ1v) is 9.10. The fourth-order valence-corrected chi connectivity index (χ4v) is 4.30. The molecule has 26 heavy (non-hydrogen) atoms. The van der Waals surface area contributed by atoms with Crippen LogP contribution >= 0.6 is 11.6 Å². The SMILES string of the molecule is CC1(C)c2ccccc2-c2ccc(-c3nc(Cl)nc4ccccc34)cc21. The number of fused-ring (bicyclic) bond motifs is 4. The minimum Gasteiger partial charge on any atom is -0.218 e. The maximum Gasteiger partial charge on any atom is 0.223 e. The standard InChI is InChI=1S/C23H17ClN2/c1-23(2)18-9-5-3-7-15(18)16-12-11-14(13-19(16)23)21-17-8-4-6-10-20(17)25-22(24)26-21/h3-13H,1-2H3. The molecule has 3 heteroatoms. The summed E-state index contributed by atoms with van der Waals surface area (Å²) in [6.07, 6.45) is 0. The second-order valence-corrected chi connectivity index (χ2v) is 7.63. The predicted molar refractivity (Wildman–Crippen MR) is 108 cm³/mol. The maximum atomic E-state index is 6.20. The third kappa shape index (κ3) is 2.12. The normalized spacial score (nSPS) is 14.3. The van der Waals surface area contributed by atoms with Crippen molar-refractivity contribution in [2.75, 3.05) is 0 Å². The van der Waals surface area contributed by atoms with E-state index in [0.717, 1.165) is 22.2 Å². The van der Waals surface area contributed by atoms with Crippen molar-refractivity contribution in [1.29, 1.82) is 0 Å². The van der Waals surface area contributed by atoms with E-state index in [1.807, 2.05) is 24.3 Å². The third-order valence-corrected chi connectivity index (χ3v) is 5.60. The van der Waals surface area contributed by atoms with Gasteiger partial charge in [0, 0.05) is 16.4 Å². The van der Waals surface area contributed by atoms with Gasteiger partial charge < -0.3 is 0 Å². The summed E-state index contributed by atoms with van der Waals surface area (Å²) in [5, 5.41) is 1.30.